The summed E-state index contributed by atoms with van der Waals surface area (Å²) < 4.78 is 23.7. The van der Waals surface area contributed by atoms with Gasteiger partial charge in [0.1, 0.15) is 10.0 Å². The Bertz CT molecular complexity index is 1150. The zero-order valence-corrected chi connectivity index (χ0v) is 16.6. The lowest BCUT2D eigenvalue weighted by atomic mass is 10.1. The molecule has 0 spiro atoms. The molecule has 4 rings (SSSR count). The first-order chi connectivity index (χ1) is 13.3. The molecule has 0 aromatic carbocycles. The number of anilines is 2. The Hall–Kier alpha value is -2.72. The second-order valence-corrected chi connectivity index (χ2v) is 10.1. The second-order valence-electron chi connectivity index (χ2n) is 6.77. The number of aromatic amines is 1. The predicted octanol–water partition coefficient (Wildman–Crippen LogP) is 3.18. The van der Waals surface area contributed by atoms with Gasteiger partial charge in [0.05, 0.1) is 17.0 Å². The number of H-pyrrole nitrogens is 1. The molecule has 0 bridgehead atoms. The molecule has 3 heterocycles. The van der Waals surface area contributed by atoms with Crippen LogP contribution in [0.5, 0.6) is 0 Å². The van der Waals surface area contributed by atoms with Crippen LogP contribution in [0.3, 0.4) is 0 Å². The summed E-state index contributed by atoms with van der Waals surface area (Å²) in [4.78, 5) is 16.4. The molecule has 0 amide bonds. The van der Waals surface area contributed by atoms with Gasteiger partial charge in [0.2, 0.25) is 0 Å². The molecule has 1 saturated carbocycles. The number of nitrogens with zero attached hydrogens (tertiary/aromatic N) is 2. The summed E-state index contributed by atoms with van der Waals surface area (Å²) in [6.07, 6.45) is 3.25. The van der Waals surface area contributed by atoms with E-state index in [1.165, 1.54) is 0 Å². The standard InChI is InChI=1S/C18H18N4O4S2/c1-28(25,26)17-7-6-14(27-17)12-5-4-11(8-16(23)24)18(19-12)20-15-9-13(21-22-15)10-2-3-10/h4-7,9-10H,2-3,8H2,1H3,(H,23,24)(H2,19,20,21,22). The van der Waals surface area contributed by atoms with E-state index >= 15 is 0 Å². The van der Waals surface area contributed by atoms with E-state index in [4.69, 9.17) is 0 Å². The molecule has 0 saturated heterocycles. The number of hydrogen-bond acceptors (Lipinski definition) is 7. The quantitative estimate of drug-likeness (QED) is 0.538. The lowest BCUT2D eigenvalue weighted by Crippen LogP contribution is -2.06. The number of carboxylic acid groups (broad SMARTS) is 1. The van der Waals surface area contributed by atoms with Crippen molar-refractivity contribution in [2.75, 3.05) is 11.6 Å². The molecule has 28 heavy (non-hydrogen) atoms. The van der Waals surface area contributed by atoms with Crippen molar-refractivity contribution in [2.45, 2.75) is 29.4 Å². The van der Waals surface area contributed by atoms with Gasteiger partial charge in [0.15, 0.2) is 15.7 Å². The van der Waals surface area contributed by atoms with Gasteiger partial charge in [-0.25, -0.2) is 13.4 Å². The Labute approximate surface area is 165 Å². The van der Waals surface area contributed by atoms with E-state index in [0.29, 0.717) is 33.7 Å². The number of aliphatic carboxylic acids is 1. The number of hydrogen-bond donors (Lipinski definition) is 3. The Kier molecular flexibility index (Phi) is 4.68. The summed E-state index contributed by atoms with van der Waals surface area (Å²) in [6.45, 7) is 0. The molecular formula is C18H18N4O4S2. The highest BCUT2D eigenvalue weighted by atomic mass is 32.2. The average Bonchev–Trinajstić information content (AvgIpc) is 3.15. The van der Waals surface area contributed by atoms with Crippen LogP contribution >= 0.6 is 11.3 Å². The molecule has 3 aromatic rings. The number of nitrogens with one attached hydrogen (secondary N) is 2. The summed E-state index contributed by atoms with van der Waals surface area (Å²) in [5.74, 6) is 0.513. The summed E-state index contributed by atoms with van der Waals surface area (Å²) in [5, 5.41) is 19.5. The van der Waals surface area contributed by atoms with Crippen molar-refractivity contribution in [1.82, 2.24) is 15.2 Å². The van der Waals surface area contributed by atoms with Crippen LogP contribution in [0.25, 0.3) is 10.6 Å². The van der Waals surface area contributed by atoms with Crippen LogP contribution in [-0.4, -0.2) is 40.9 Å². The van der Waals surface area contributed by atoms with Gasteiger partial charge in [0, 0.05) is 29.5 Å². The smallest absolute Gasteiger partial charge is 0.307 e. The lowest BCUT2D eigenvalue weighted by Gasteiger charge is -2.09. The average molecular weight is 419 g/mol. The van der Waals surface area contributed by atoms with Gasteiger partial charge in [-0.15, -0.1) is 11.3 Å². The molecule has 0 unspecified atom stereocenters. The molecule has 0 atom stereocenters. The Balaban J connectivity index is 1.68. The summed E-state index contributed by atoms with van der Waals surface area (Å²) >= 11 is 1.13. The largest absolute Gasteiger partial charge is 0.481 e. The lowest BCUT2D eigenvalue weighted by molar-refractivity contribution is -0.136. The minimum atomic E-state index is -3.29. The number of carbonyl (C=O) groups is 1. The molecule has 146 valence electrons. The fraction of sp³-hybridized carbons (Fsp3) is 0.278. The van der Waals surface area contributed by atoms with Gasteiger partial charge in [-0.05, 0) is 31.0 Å². The molecule has 0 aliphatic heterocycles. The SMILES string of the molecule is CS(=O)(=O)c1ccc(-c2ccc(CC(=O)O)c(Nc3cc(C4CC4)[nH]n3)n2)s1. The van der Waals surface area contributed by atoms with Crippen molar-refractivity contribution < 1.29 is 18.3 Å². The predicted molar refractivity (Wildman–Crippen MR) is 106 cm³/mol. The van der Waals surface area contributed by atoms with E-state index in [0.717, 1.165) is 36.1 Å². The Morgan fingerprint density at radius 3 is 2.75 bits per heavy atom. The summed E-state index contributed by atoms with van der Waals surface area (Å²) in [6, 6.07) is 8.53. The zero-order chi connectivity index (χ0) is 19.9. The first kappa shape index (κ1) is 18.6. The Morgan fingerprint density at radius 1 is 1.32 bits per heavy atom. The van der Waals surface area contributed by atoms with Gasteiger partial charge in [0.25, 0.3) is 0 Å². The summed E-state index contributed by atoms with van der Waals surface area (Å²) in [5.41, 5.74) is 2.14. The van der Waals surface area contributed by atoms with E-state index < -0.39 is 15.8 Å². The normalized spacial score (nSPS) is 14.2. The second kappa shape index (κ2) is 7.02. The van der Waals surface area contributed by atoms with Crippen LogP contribution in [0.2, 0.25) is 0 Å². The van der Waals surface area contributed by atoms with Crippen LogP contribution in [0.4, 0.5) is 11.6 Å². The van der Waals surface area contributed by atoms with Gasteiger partial charge in [-0.2, -0.15) is 5.10 Å². The van der Waals surface area contributed by atoms with Gasteiger partial charge < -0.3 is 10.4 Å². The van der Waals surface area contributed by atoms with Crippen molar-refractivity contribution in [3.8, 4) is 10.6 Å². The maximum absolute atomic E-state index is 11.7. The fourth-order valence-corrected chi connectivity index (χ4v) is 4.72. The van der Waals surface area contributed by atoms with Gasteiger partial charge >= 0.3 is 5.97 Å². The Morgan fingerprint density at radius 2 is 2.11 bits per heavy atom. The number of carboxylic acids is 1. The van der Waals surface area contributed by atoms with Crippen molar-refractivity contribution >= 4 is 38.8 Å². The highest BCUT2D eigenvalue weighted by molar-refractivity contribution is 7.92. The third kappa shape index (κ3) is 4.07. The number of rotatable bonds is 7. The van der Waals surface area contributed by atoms with Crippen LogP contribution in [0.15, 0.2) is 34.5 Å². The van der Waals surface area contributed by atoms with Gasteiger partial charge in [-0.3, -0.25) is 9.89 Å². The van der Waals surface area contributed by atoms with Crippen LogP contribution in [0.1, 0.15) is 30.0 Å². The fourth-order valence-electron chi connectivity index (χ4n) is 2.82. The molecule has 1 fully saturated rings. The molecular weight excluding hydrogens is 400 g/mol. The highest BCUT2D eigenvalue weighted by Gasteiger charge is 2.25. The molecule has 1 aliphatic rings. The van der Waals surface area contributed by atoms with E-state index in [-0.39, 0.29) is 10.6 Å². The number of thiophene rings is 1. The molecule has 8 nitrogen and oxygen atoms in total. The molecule has 3 N–H and O–H groups in total. The van der Waals surface area contributed by atoms with Crippen LogP contribution in [-0.2, 0) is 21.1 Å². The minimum absolute atomic E-state index is 0.186. The van der Waals surface area contributed by atoms with E-state index in [1.807, 2.05) is 6.07 Å². The van der Waals surface area contributed by atoms with Crippen LogP contribution in [0, 0.1) is 0 Å². The molecule has 0 radical (unpaired) electrons. The molecule has 10 heteroatoms. The zero-order valence-electron chi connectivity index (χ0n) is 15.0. The first-order valence-electron chi connectivity index (χ1n) is 8.64. The van der Waals surface area contributed by atoms with Gasteiger partial charge in [-0.1, -0.05) is 6.07 Å². The first-order valence-corrected chi connectivity index (χ1v) is 11.3. The third-order valence-electron chi connectivity index (χ3n) is 4.38. The van der Waals surface area contributed by atoms with Crippen molar-refractivity contribution in [3.63, 3.8) is 0 Å². The third-order valence-corrected chi connectivity index (χ3v) is 7.31. The van der Waals surface area contributed by atoms with Crippen molar-refractivity contribution in [2.24, 2.45) is 0 Å². The highest BCUT2D eigenvalue weighted by Crippen LogP contribution is 2.40. The van der Waals surface area contributed by atoms with E-state index in [1.54, 1.807) is 24.3 Å². The van der Waals surface area contributed by atoms with Crippen molar-refractivity contribution in [1.29, 1.82) is 0 Å². The molecule has 1 aliphatic carbocycles. The van der Waals surface area contributed by atoms with E-state index in [2.05, 4.69) is 20.5 Å². The number of sulfone groups is 1. The minimum Gasteiger partial charge on any atom is -0.481 e. The topological polar surface area (TPSA) is 125 Å². The number of pyridine rings is 1. The monoisotopic (exact) mass is 418 g/mol. The molecule has 3 aromatic heterocycles. The maximum Gasteiger partial charge on any atom is 0.307 e. The maximum atomic E-state index is 11.7. The van der Waals surface area contributed by atoms with E-state index in [9.17, 15) is 18.3 Å². The van der Waals surface area contributed by atoms with Crippen LogP contribution < -0.4 is 5.32 Å². The van der Waals surface area contributed by atoms with Crippen molar-refractivity contribution in [3.05, 3.63) is 41.6 Å². The summed E-state index contributed by atoms with van der Waals surface area (Å²) in [7, 11) is -3.29. The number of aromatic nitrogens is 3.